The Labute approximate surface area is 179 Å². The lowest BCUT2D eigenvalue weighted by atomic mass is 10.1. The minimum Gasteiger partial charge on any atom is -0.496 e. The van der Waals surface area contributed by atoms with E-state index in [4.69, 9.17) is 9.73 Å². The maximum absolute atomic E-state index is 5.42. The predicted octanol–water partition coefficient (Wildman–Crippen LogP) is 3.55. The van der Waals surface area contributed by atoms with E-state index >= 15 is 0 Å². The van der Waals surface area contributed by atoms with E-state index in [1.54, 1.807) is 7.11 Å². The summed E-state index contributed by atoms with van der Waals surface area (Å²) in [5, 5.41) is 6.72. The monoisotopic (exact) mass is 405 g/mol. The number of ether oxygens (including phenoxy) is 1. The number of methoxy groups -OCH3 is 1. The Hall–Kier alpha value is -3.28. The zero-order valence-electron chi connectivity index (χ0n) is 18.1. The topological polar surface area (TPSA) is 63.5 Å². The van der Waals surface area contributed by atoms with Gasteiger partial charge < -0.3 is 19.9 Å². The molecule has 3 rings (SSSR count). The summed E-state index contributed by atoms with van der Waals surface area (Å²) in [7, 11) is 1.71. The van der Waals surface area contributed by atoms with Gasteiger partial charge in [0.1, 0.15) is 18.1 Å². The van der Waals surface area contributed by atoms with Crippen molar-refractivity contribution < 1.29 is 4.74 Å². The number of rotatable bonds is 9. The largest absolute Gasteiger partial charge is 0.496 e. The standard InChI is InChI=1S/C24H31N5O/c1-4-25-24(27-13-12-20-11-10-19(2)22(16-20)30-3)28-17-23-26-14-15-29(23)18-21-8-6-5-7-9-21/h5-11,14-16H,4,12-13,17-18H2,1-3H3,(H2,25,27,28). The van der Waals surface area contributed by atoms with Crippen molar-refractivity contribution in [1.82, 2.24) is 20.2 Å². The van der Waals surface area contributed by atoms with Gasteiger partial charge in [0.15, 0.2) is 5.96 Å². The highest BCUT2D eigenvalue weighted by molar-refractivity contribution is 5.79. The van der Waals surface area contributed by atoms with Crippen LogP contribution in [0.15, 0.2) is 65.9 Å². The fourth-order valence-corrected chi connectivity index (χ4v) is 3.25. The summed E-state index contributed by atoms with van der Waals surface area (Å²) in [4.78, 5) is 9.21. The minimum atomic E-state index is 0.521. The van der Waals surface area contributed by atoms with Crippen LogP contribution in [0.4, 0.5) is 0 Å². The number of guanidine groups is 1. The Kier molecular flexibility index (Phi) is 7.89. The van der Waals surface area contributed by atoms with Crippen molar-refractivity contribution in [3.63, 3.8) is 0 Å². The lowest BCUT2D eigenvalue weighted by Gasteiger charge is -2.13. The molecule has 2 aromatic carbocycles. The molecule has 0 saturated heterocycles. The maximum Gasteiger partial charge on any atom is 0.191 e. The highest BCUT2D eigenvalue weighted by atomic mass is 16.5. The highest BCUT2D eigenvalue weighted by Gasteiger charge is 2.05. The Morgan fingerprint density at radius 2 is 1.93 bits per heavy atom. The number of hydrogen-bond donors (Lipinski definition) is 2. The summed E-state index contributed by atoms with van der Waals surface area (Å²) < 4.78 is 7.56. The molecule has 3 aromatic rings. The quantitative estimate of drug-likeness (QED) is 0.422. The molecule has 6 nitrogen and oxygen atoms in total. The second-order valence-corrected chi connectivity index (χ2v) is 7.13. The van der Waals surface area contributed by atoms with Crippen LogP contribution in [-0.2, 0) is 19.5 Å². The Balaban J connectivity index is 1.58. The van der Waals surface area contributed by atoms with Gasteiger partial charge in [-0.05, 0) is 43.0 Å². The van der Waals surface area contributed by atoms with Crippen molar-refractivity contribution in [3.05, 3.63) is 83.4 Å². The molecule has 30 heavy (non-hydrogen) atoms. The van der Waals surface area contributed by atoms with Crippen LogP contribution in [0.1, 0.15) is 29.4 Å². The van der Waals surface area contributed by atoms with E-state index in [9.17, 15) is 0 Å². The molecule has 0 saturated carbocycles. The van der Waals surface area contributed by atoms with E-state index < -0.39 is 0 Å². The summed E-state index contributed by atoms with van der Waals surface area (Å²) in [6.45, 7) is 7.04. The molecule has 0 aliphatic heterocycles. The summed E-state index contributed by atoms with van der Waals surface area (Å²) in [5.74, 6) is 2.67. The van der Waals surface area contributed by atoms with Gasteiger partial charge in [-0.2, -0.15) is 0 Å². The van der Waals surface area contributed by atoms with Crippen molar-refractivity contribution in [2.24, 2.45) is 4.99 Å². The van der Waals surface area contributed by atoms with E-state index in [2.05, 4.69) is 76.5 Å². The first-order valence-corrected chi connectivity index (χ1v) is 10.4. The van der Waals surface area contributed by atoms with Crippen LogP contribution < -0.4 is 15.4 Å². The number of aromatic nitrogens is 2. The molecule has 0 aliphatic rings. The lowest BCUT2D eigenvalue weighted by Crippen LogP contribution is -2.38. The molecule has 0 radical (unpaired) electrons. The van der Waals surface area contributed by atoms with Gasteiger partial charge in [0, 0.05) is 32.0 Å². The third-order valence-corrected chi connectivity index (χ3v) is 4.90. The van der Waals surface area contributed by atoms with Gasteiger partial charge in [0.05, 0.1) is 7.11 Å². The highest BCUT2D eigenvalue weighted by Crippen LogP contribution is 2.19. The Bertz CT molecular complexity index is 949. The molecule has 0 unspecified atom stereocenters. The van der Waals surface area contributed by atoms with Crippen molar-refractivity contribution in [2.75, 3.05) is 20.2 Å². The van der Waals surface area contributed by atoms with E-state index in [0.29, 0.717) is 6.54 Å². The summed E-state index contributed by atoms with van der Waals surface area (Å²) in [6, 6.07) is 16.7. The van der Waals surface area contributed by atoms with Gasteiger partial charge in [-0.15, -0.1) is 0 Å². The summed E-state index contributed by atoms with van der Waals surface area (Å²) in [6.07, 6.45) is 4.73. The molecule has 0 amide bonds. The molecule has 2 N–H and O–H groups in total. The Morgan fingerprint density at radius 3 is 2.70 bits per heavy atom. The number of benzene rings is 2. The summed E-state index contributed by atoms with van der Waals surface area (Å²) in [5.41, 5.74) is 3.63. The van der Waals surface area contributed by atoms with Gasteiger partial charge in [-0.3, -0.25) is 0 Å². The van der Waals surface area contributed by atoms with Crippen LogP contribution in [0.3, 0.4) is 0 Å². The first kappa shape index (κ1) is 21.4. The molecule has 158 valence electrons. The van der Waals surface area contributed by atoms with Crippen molar-refractivity contribution in [1.29, 1.82) is 0 Å². The van der Waals surface area contributed by atoms with Crippen LogP contribution >= 0.6 is 0 Å². The maximum atomic E-state index is 5.42. The SMILES string of the molecule is CCNC(=NCc1nccn1Cc1ccccc1)NCCc1ccc(C)c(OC)c1. The van der Waals surface area contributed by atoms with E-state index in [1.807, 2.05) is 18.5 Å². The third kappa shape index (κ3) is 6.11. The second-order valence-electron chi connectivity index (χ2n) is 7.13. The molecule has 0 spiro atoms. The number of nitrogens with zero attached hydrogens (tertiary/aromatic N) is 3. The molecule has 6 heteroatoms. The zero-order chi connectivity index (χ0) is 21.2. The number of aliphatic imine (C=N–C) groups is 1. The second kappa shape index (κ2) is 11.0. The fourth-order valence-electron chi connectivity index (χ4n) is 3.25. The zero-order valence-corrected chi connectivity index (χ0v) is 18.1. The van der Waals surface area contributed by atoms with Gasteiger partial charge in [0.2, 0.25) is 0 Å². The Morgan fingerprint density at radius 1 is 1.10 bits per heavy atom. The van der Waals surface area contributed by atoms with E-state index in [0.717, 1.165) is 49.2 Å². The van der Waals surface area contributed by atoms with Crippen LogP contribution in [-0.4, -0.2) is 35.7 Å². The first-order valence-electron chi connectivity index (χ1n) is 10.4. The average Bonchev–Trinajstić information content (AvgIpc) is 3.20. The van der Waals surface area contributed by atoms with Crippen molar-refractivity contribution in [3.8, 4) is 5.75 Å². The van der Waals surface area contributed by atoms with Crippen LogP contribution in [0.25, 0.3) is 0 Å². The number of hydrogen-bond acceptors (Lipinski definition) is 3. The first-order chi connectivity index (χ1) is 14.7. The summed E-state index contributed by atoms with van der Waals surface area (Å²) >= 11 is 0. The lowest BCUT2D eigenvalue weighted by molar-refractivity contribution is 0.411. The van der Waals surface area contributed by atoms with Gasteiger partial charge in [0.25, 0.3) is 0 Å². The van der Waals surface area contributed by atoms with Crippen LogP contribution in [0.2, 0.25) is 0 Å². The van der Waals surface area contributed by atoms with Crippen LogP contribution in [0, 0.1) is 6.92 Å². The molecule has 0 fully saturated rings. The normalized spacial score (nSPS) is 11.4. The van der Waals surface area contributed by atoms with Crippen molar-refractivity contribution >= 4 is 5.96 Å². The van der Waals surface area contributed by atoms with Gasteiger partial charge in [-0.1, -0.05) is 42.5 Å². The number of nitrogens with one attached hydrogen (secondary N) is 2. The molecular weight excluding hydrogens is 374 g/mol. The number of imidazole rings is 1. The fraction of sp³-hybridized carbons (Fsp3) is 0.333. The van der Waals surface area contributed by atoms with Gasteiger partial charge in [-0.25, -0.2) is 9.98 Å². The van der Waals surface area contributed by atoms with E-state index in [1.165, 1.54) is 11.1 Å². The van der Waals surface area contributed by atoms with E-state index in [-0.39, 0.29) is 0 Å². The number of aryl methyl sites for hydroxylation is 1. The molecule has 1 aromatic heterocycles. The smallest absolute Gasteiger partial charge is 0.191 e. The van der Waals surface area contributed by atoms with Crippen LogP contribution in [0.5, 0.6) is 5.75 Å². The molecule has 0 aliphatic carbocycles. The third-order valence-electron chi connectivity index (χ3n) is 4.90. The van der Waals surface area contributed by atoms with Gasteiger partial charge >= 0.3 is 0 Å². The molecule has 0 atom stereocenters. The molecule has 1 heterocycles. The molecular formula is C24H31N5O. The van der Waals surface area contributed by atoms with Crippen molar-refractivity contribution in [2.45, 2.75) is 33.4 Å². The average molecular weight is 406 g/mol. The minimum absolute atomic E-state index is 0.521. The molecule has 0 bridgehead atoms. The predicted molar refractivity (Wildman–Crippen MR) is 122 cm³/mol.